The molecule has 2 aromatic rings. The maximum absolute atomic E-state index is 12.3. The maximum atomic E-state index is 12.3. The minimum absolute atomic E-state index is 0.365. The Hall–Kier alpha value is -2.82. The minimum Gasteiger partial charge on any atom is -0.479 e. The van der Waals surface area contributed by atoms with E-state index in [4.69, 9.17) is 5.11 Å². The largest absolute Gasteiger partial charge is 0.479 e. The molecule has 5 nitrogen and oxygen atoms in total. The standard InChI is InChI=1S/C16H12N2O3/c19-15-13-11(9-10-5-2-1-3-6-10)7-4-8-12(13)17-18-14(15)16(20)21/h1-8,14H,9H2,(H,20,21). The molecular weight excluding hydrogens is 268 g/mol. The van der Waals surface area contributed by atoms with E-state index in [1.165, 1.54) is 0 Å². The van der Waals surface area contributed by atoms with Crippen LogP contribution in [0.1, 0.15) is 21.5 Å². The lowest BCUT2D eigenvalue weighted by atomic mass is 9.92. The molecule has 0 saturated carbocycles. The molecule has 1 N–H and O–H groups in total. The second kappa shape index (κ2) is 5.28. The lowest BCUT2D eigenvalue weighted by molar-refractivity contribution is -0.137. The highest BCUT2D eigenvalue weighted by molar-refractivity contribution is 6.15. The number of Topliss-reactive ketones (excluding diaryl/α,β-unsaturated/α-hetero) is 1. The van der Waals surface area contributed by atoms with Gasteiger partial charge in [-0.2, -0.15) is 10.2 Å². The van der Waals surface area contributed by atoms with Crippen LogP contribution in [-0.2, 0) is 11.2 Å². The number of rotatable bonds is 3. The molecule has 3 rings (SSSR count). The summed E-state index contributed by atoms with van der Waals surface area (Å²) in [7, 11) is 0. The fourth-order valence-corrected chi connectivity index (χ4v) is 2.39. The average molecular weight is 280 g/mol. The summed E-state index contributed by atoms with van der Waals surface area (Å²) in [6.45, 7) is 0. The summed E-state index contributed by atoms with van der Waals surface area (Å²) in [5, 5.41) is 16.5. The quantitative estimate of drug-likeness (QED) is 0.878. The van der Waals surface area contributed by atoms with Crippen LogP contribution in [0, 0.1) is 0 Å². The third kappa shape index (κ3) is 2.45. The Balaban J connectivity index is 2.04. The van der Waals surface area contributed by atoms with Gasteiger partial charge in [-0.1, -0.05) is 42.5 Å². The second-order valence-electron chi connectivity index (χ2n) is 4.79. The first-order valence-electron chi connectivity index (χ1n) is 6.50. The van der Waals surface area contributed by atoms with E-state index >= 15 is 0 Å². The molecule has 0 fully saturated rings. The van der Waals surface area contributed by atoms with Gasteiger partial charge >= 0.3 is 5.97 Å². The summed E-state index contributed by atoms with van der Waals surface area (Å²) < 4.78 is 0. The lowest BCUT2D eigenvalue weighted by Gasteiger charge is -2.16. The molecule has 0 radical (unpaired) electrons. The molecule has 0 saturated heterocycles. The van der Waals surface area contributed by atoms with Crippen molar-refractivity contribution in [3.05, 3.63) is 65.2 Å². The summed E-state index contributed by atoms with van der Waals surface area (Å²) in [4.78, 5) is 23.4. The summed E-state index contributed by atoms with van der Waals surface area (Å²) in [5.41, 5.74) is 2.62. The number of hydrogen-bond acceptors (Lipinski definition) is 4. The lowest BCUT2D eigenvalue weighted by Crippen LogP contribution is -2.30. The highest BCUT2D eigenvalue weighted by Crippen LogP contribution is 2.31. The van der Waals surface area contributed by atoms with E-state index in [1.54, 1.807) is 12.1 Å². The molecule has 0 bridgehead atoms. The summed E-state index contributed by atoms with van der Waals surface area (Å²) in [5.74, 6) is -1.78. The van der Waals surface area contributed by atoms with Crippen LogP contribution >= 0.6 is 0 Å². The van der Waals surface area contributed by atoms with Gasteiger partial charge in [-0.3, -0.25) is 4.79 Å². The van der Waals surface area contributed by atoms with E-state index in [9.17, 15) is 9.59 Å². The molecule has 0 aromatic heterocycles. The van der Waals surface area contributed by atoms with Gasteiger partial charge in [0.1, 0.15) is 0 Å². The van der Waals surface area contributed by atoms with E-state index in [2.05, 4.69) is 10.2 Å². The second-order valence-corrected chi connectivity index (χ2v) is 4.79. The van der Waals surface area contributed by atoms with E-state index in [0.29, 0.717) is 17.7 Å². The zero-order valence-corrected chi connectivity index (χ0v) is 11.1. The number of carboxylic acids is 1. The van der Waals surface area contributed by atoms with Gasteiger partial charge in [0, 0.05) is 0 Å². The molecule has 1 unspecified atom stereocenters. The van der Waals surface area contributed by atoms with E-state index in [1.807, 2.05) is 36.4 Å². The molecule has 1 atom stereocenters. The molecule has 2 aromatic carbocycles. The van der Waals surface area contributed by atoms with Gasteiger partial charge in [0.2, 0.25) is 11.8 Å². The number of carbonyl (C=O) groups is 2. The first-order valence-corrected chi connectivity index (χ1v) is 6.50. The highest BCUT2D eigenvalue weighted by atomic mass is 16.4. The molecule has 1 aliphatic rings. The normalized spacial score (nSPS) is 16.6. The maximum Gasteiger partial charge on any atom is 0.338 e. The van der Waals surface area contributed by atoms with E-state index < -0.39 is 17.8 Å². The van der Waals surface area contributed by atoms with Gasteiger partial charge < -0.3 is 5.11 Å². The van der Waals surface area contributed by atoms with Crippen LogP contribution in [0.25, 0.3) is 0 Å². The van der Waals surface area contributed by atoms with Gasteiger partial charge in [-0.05, 0) is 23.6 Å². The number of azo groups is 1. The zero-order valence-electron chi connectivity index (χ0n) is 11.1. The summed E-state index contributed by atoms with van der Waals surface area (Å²) in [6.07, 6.45) is 0.553. The van der Waals surface area contributed by atoms with Gasteiger partial charge in [0.05, 0.1) is 11.3 Å². The third-order valence-electron chi connectivity index (χ3n) is 3.38. The topological polar surface area (TPSA) is 79.1 Å². The van der Waals surface area contributed by atoms with Gasteiger partial charge in [0.15, 0.2) is 0 Å². The number of nitrogens with zero attached hydrogens (tertiary/aromatic N) is 2. The molecule has 1 heterocycles. The van der Waals surface area contributed by atoms with Crippen LogP contribution in [0.5, 0.6) is 0 Å². The van der Waals surface area contributed by atoms with Crippen molar-refractivity contribution in [2.75, 3.05) is 0 Å². The Labute approximate surface area is 121 Å². The van der Waals surface area contributed by atoms with Gasteiger partial charge in [-0.25, -0.2) is 4.79 Å². The molecule has 5 heteroatoms. The van der Waals surface area contributed by atoms with Crippen molar-refractivity contribution in [3.63, 3.8) is 0 Å². The van der Waals surface area contributed by atoms with Crippen molar-refractivity contribution in [2.45, 2.75) is 12.5 Å². The molecule has 104 valence electrons. The number of carboxylic acid groups (broad SMARTS) is 1. The number of hydrogen-bond donors (Lipinski definition) is 1. The number of ketones is 1. The van der Waals surface area contributed by atoms with Crippen molar-refractivity contribution in [2.24, 2.45) is 10.2 Å². The first-order chi connectivity index (χ1) is 10.2. The van der Waals surface area contributed by atoms with Crippen LogP contribution in [-0.4, -0.2) is 22.9 Å². The smallest absolute Gasteiger partial charge is 0.338 e. The monoisotopic (exact) mass is 280 g/mol. The Bertz CT molecular complexity index is 738. The Morgan fingerprint density at radius 2 is 1.86 bits per heavy atom. The molecule has 0 spiro atoms. The molecule has 0 aliphatic carbocycles. The first kappa shape index (κ1) is 13.2. The van der Waals surface area contributed by atoms with Crippen LogP contribution in [0.4, 0.5) is 5.69 Å². The Kier molecular flexibility index (Phi) is 3.31. The van der Waals surface area contributed by atoms with E-state index in [-0.39, 0.29) is 0 Å². The van der Waals surface area contributed by atoms with Crippen LogP contribution < -0.4 is 0 Å². The highest BCUT2D eigenvalue weighted by Gasteiger charge is 2.33. The Morgan fingerprint density at radius 3 is 2.57 bits per heavy atom. The molecular formula is C16H12N2O3. The Morgan fingerprint density at radius 1 is 1.10 bits per heavy atom. The number of aliphatic carboxylic acids is 1. The fraction of sp³-hybridized carbons (Fsp3) is 0.125. The summed E-state index contributed by atoms with van der Waals surface area (Å²) >= 11 is 0. The van der Waals surface area contributed by atoms with Crippen molar-refractivity contribution in [1.29, 1.82) is 0 Å². The third-order valence-corrected chi connectivity index (χ3v) is 3.38. The SMILES string of the molecule is O=C(O)C1N=Nc2cccc(Cc3ccccc3)c2C1=O. The molecule has 0 amide bonds. The van der Waals surface area contributed by atoms with Gasteiger partial charge in [-0.15, -0.1) is 0 Å². The average Bonchev–Trinajstić information content (AvgIpc) is 2.48. The molecule has 1 aliphatic heterocycles. The van der Waals surface area contributed by atoms with Crippen LogP contribution in [0.2, 0.25) is 0 Å². The number of fused-ring (bicyclic) bond motifs is 1. The molecule has 21 heavy (non-hydrogen) atoms. The van der Waals surface area contributed by atoms with Crippen molar-refractivity contribution < 1.29 is 14.7 Å². The van der Waals surface area contributed by atoms with E-state index in [0.717, 1.165) is 11.1 Å². The predicted molar refractivity (Wildman–Crippen MR) is 76.0 cm³/mol. The number of benzene rings is 2. The number of carbonyl (C=O) groups excluding carboxylic acids is 1. The predicted octanol–water partition coefficient (Wildman–Crippen LogP) is 3.01. The van der Waals surface area contributed by atoms with Crippen molar-refractivity contribution >= 4 is 17.4 Å². The summed E-state index contributed by atoms with van der Waals surface area (Å²) in [6, 6.07) is 13.5. The van der Waals surface area contributed by atoms with Crippen molar-refractivity contribution in [1.82, 2.24) is 0 Å². The minimum atomic E-state index is -1.44. The van der Waals surface area contributed by atoms with Crippen LogP contribution in [0.3, 0.4) is 0 Å². The van der Waals surface area contributed by atoms with Crippen LogP contribution in [0.15, 0.2) is 58.8 Å². The fourth-order valence-electron chi connectivity index (χ4n) is 2.39. The van der Waals surface area contributed by atoms with Gasteiger partial charge in [0.25, 0.3) is 0 Å². The van der Waals surface area contributed by atoms with Crippen molar-refractivity contribution in [3.8, 4) is 0 Å². The zero-order chi connectivity index (χ0) is 14.8.